The van der Waals surface area contributed by atoms with Crippen molar-refractivity contribution in [2.45, 2.75) is 5.16 Å². The highest BCUT2D eigenvalue weighted by molar-refractivity contribution is 7.80. The second kappa shape index (κ2) is 1.59. The third-order valence-corrected chi connectivity index (χ3v) is 1.22. The van der Waals surface area contributed by atoms with E-state index in [4.69, 9.17) is 5.73 Å². The van der Waals surface area contributed by atoms with Crippen LogP contribution in [0.4, 0.5) is 5.95 Å². The number of aromatic nitrogens is 3. The van der Waals surface area contributed by atoms with Gasteiger partial charge in [0.2, 0.25) is 11.1 Å². The predicted molar refractivity (Wildman–Crippen MR) is 31.3 cm³/mol. The number of nitrogens with zero attached hydrogens (tertiary/aromatic N) is 3. The summed E-state index contributed by atoms with van der Waals surface area (Å²) in [5, 5.41) is 7.44. The van der Waals surface area contributed by atoms with Crippen LogP contribution in [0.15, 0.2) is 5.16 Å². The van der Waals surface area contributed by atoms with Crippen LogP contribution in [0.3, 0.4) is 0 Å². The van der Waals surface area contributed by atoms with Crippen molar-refractivity contribution in [1.82, 2.24) is 14.8 Å². The molecule has 0 aliphatic carbocycles. The molecule has 1 aromatic rings. The van der Waals surface area contributed by atoms with Crippen LogP contribution in [-0.4, -0.2) is 14.8 Å². The normalized spacial score (nSPS) is 9.62. The van der Waals surface area contributed by atoms with Crippen LogP contribution >= 0.6 is 12.6 Å². The van der Waals surface area contributed by atoms with Gasteiger partial charge in [-0.05, 0) is 12.6 Å². The van der Waals surface area contributed by atoms with Crippen molar-refractivity contribution >= 4 is 18.6 Å². The fraction of sp³-hybridized carbons (Fsp3) is 0.333. The smallest absolute Gasteiger partial charge is 0.223 e. The first-order valence-electron chi connectivity index (χ1n) is 2.03. The van der Waals surface area contributed by atoms with Crippen molar-refractivity contribution in [3.8, 4) is 0 Å². The van der Waals surface area contributed by atoms with E-state index in [9.17, 15) is 0 Å². The zero-order valence-corrected chi connectivity index (χ0v) is 5.14. The van der Waals surface area contributed by atoms with E-state index in [1.165, 1.54) is 4.57 Å². The van der Waals surface area contributed by atoms with Gasteiger partial charge in [0.15, 0.2) is 0 Å². The van der Waals surface area contributed by atoms with Crippen LogP contribution in [-0.2, 0) is 7.05 Å². The summed E-state index contributed by atoms with van der Waals surface area (Å²) >= 11 is 4.68. The lowest BCUT2D eigenvalue weighted by molar-refractivity contribution is 0.800. The minimum absolute atomic E-state index is 0.356. The molecule has 43 valence electrons. The van der Waals surface area contributed by atoms with Crippen LogP contribution in [0.2, 0.25) is 0 Å². The molecule has 0 bridgehead atoms. The lowest BCUT2D eigenvalue weighted by atomic mass is 11.0. The molecule has 4 nitrogen and oxygen atoms in total. The summed E-state index contributed by atoms with van der Waals surface area (Å²) in [6.07, 6.45) is 0. The minimum Gasteiger partial charge on any atom is -0.368 e. The molecule has 1 heterocycles. The molecule has 0 spiro atoms. The molecule has 0 fully saturated rings. The second-order valence-electron chi connectivity index (χ2n) is 1.40. The SMILES string of the molecule is Cn1c(N)nnc1[S]. The molecule has 0 saturated carbocycles. The highest BCUT2D eigenvalue weighted by Gasteiger charge is 1.98. The van der Waals surface area contributed by atoms with E-state index in [0.717, 1.165) is 0 Å². The number of hydrogen-bond acceptors (Lipinski definition) is 3. The van der Waals surface area contributed by atoms with Gasteiger partial charge in [-0.2, -0.15) is 0 Å². The van der Waals surface area contributed by atoms with Gasteiger partial charge >= 0.3 is 0 Å². The Hall–Kier alpha value is -0.840. The highest BCUT2D eigenvalue weighted by Crippen LogP contribution is 2.02. The van der Waals surface area contributed by atoms with Crippen LogP contribution in [0.25, 0.3) is 0 Å². The summed E-state index contributed by atoms with van der Waals surface area (Å²) in [5.41, 5.74) is 5.26. The van der Waals surface area contributed by atoms with Crippen molar-refractivity contribution in [2.75, 3.05) is 5.73 Å². The van der Waals surface area contributed by atoms with Crippen LogP contribution in [0.5, 0.6) is 0 Å². The summed E-state index contributed by atoms with van der Waals surface area (Å²) in [5.74, 6) is 0.356. The average molecular weight is 129 g/mol. The lowest BCUT2D eigenvalue weighted by Gasteiger charge is -1.88. The van der Waals surface area contributed by atoms with E-state index in [0.29, 0.717) is 11.1 Å². The molecule has 0 aliphatic heterocycles. The average Bonchev–Trinajstić information content (AvgIpc) is 1.98. The molecule has 5 heteroatoms. The maximum atomic E-state index is 5.26. The van der Waals surface area contributed by atoms with Gasteiger partial charge in [-0.3, -0.25) is 4.57 Å². The molecule has 0 aromatic carbocycles. The van der Waals surface area contributed by atoms with Gasteiger partial charge < -0.3 is 5.73 Å². The maximum Gasteiger partial charge on any atom is 0.223 e. The van der Waals surface area contributed by atoms with Crippen LogP contribution in [0, 0.1) is 0 Å². The zero-order chi connectivity index (χ0) is 6.15. The third kappa shape index (κ3) is 0.604. The van der Waals surface area contributed by atoms with E-state index in [1.54, 1.807) is 7.05 Å². The number of hydrogen-bond donors (Lipinski definition) is 1. The fourth-order valence-corrected chi connectivity index (χ4v) is 0.461. The van der Waals surface area contributed by atoms with Gasteiger partial charge in [0.25, 0.3) is 0 Å². The molecule has 1 aromatic heterocycles. The molecule has 8 heavy (non-hydrogen) atoms. The van der Waals surface area contributed by atoms with Crippen molar-refractivity contribution < 1.29 is 0 Å². The number of anilines is 1. The van der Waals surface area contributed by atoms with Crippen LogP contribution in [0.1, 0.15) is 0 Å². The van der Waals surface area contributed by atoms with Crippen molar-refractivity contribution in [2.24, 2.45) is 7.05 Å². The van der Waals surface area contributed by atoms with Gasteiger partial charge in [0.05, 0.1) is 0 Å². The highest BCUT2D eigenvalue weighted by atomic mass is 32.1. The fourth-order valence-electron chi connectivity index (χ4n) is 0.326. The molecule has 0 unspecified atom stereocenters. The molecule has 1 radical (unpaired) electrons. The van der Waals surface area contributed by atoms with E-state index in [-0.39, 0.29) is 0 Å². The monoisotopic (exact) mass is 129 g/mol. The minimum atomic E-state index is 0.356. The van der Waals surface area contributed by atoms with Crippen molar-refractivity contribution in [1.29, 1.82) is 0 Å². The quantitative estimate of drug-likeness (QED) is 0.534. The molecule has 0 atom stereocenters. The first-order valence-corrected chi connectivity index (χ1v) is 2.44. The number of nitrogen functional groups attached to an aromatic ring is 1. The Bertz CT molecular complexity index is 174. The molecular weight excluding hydrogens is 124 g/mol. The summed E-state index contributed by atoms with van der Waals surface area (Å²) in [6, 6.07) is 0. The van der Waals surface area contributed by atoms with E-state index in [1.807, 2.05) is 0 Å². The van der Waals surface area contributed by atoms with Gasteiger partial charge in [-0.1, -0.05) is 0 Å². The standard InChI is InChI=1S/C3H5N4S/c1-7-2(4)5-6-3(7)8/h1H3,(H2,4,5). The number of rotatable bonds is 0. The first-order chi connectivity index (χ1) is 3.72. The molecule has 1 rings (SSSR count). The summed E-state index contributed by atoms with van der Waals surface area (Å²) in [4.78, 5) is 0. The molecule has 0 aliphatic rings. The first kappa shape index (κ1) is 5.30. The van der Waals surface area contributed by atoms with E-state index in [2.05, 4.69) is 22.8 Å². The zero-order valence-electron chi connectivity index (χ0n) is 4.33. The summed E-state index contributed by atoms with van der Waals surface area (Å²) < 4.78 is 1.54. The Morgan fingerprint density at radius 2 is 2.25 bits per heavy atom. The van der Waals surface area contributed by atoms with Gasteiger partial charge in [-0.15, -0.1) is 10.2 Å². The van der Waals surface area contributed by atoms with Gasteiger partial charge in [0.1, 0.15) is 0 Å². The Morgan fingerprint density at radius 3 is 2.38 bits per heavy atom. The maximum absolute atomic E-state index is 5.26. The third-order valence-electron chi connectivity index (χ3n) is 0.869. The van der Waals surface area contributed by atoms with Crippen molar-refractivity contribution in [3.05, 3.63) is 0 Å². The predicted octanol–water partition coefficient (Wildman–Crippen LogP) is -0.0463. The Balaban J connectivity index is 3.19. The Labute approximate surface area is 52.1 Å². The Morgan fingerprint density at radius 1 is 1.62 bits per heavy atom. The molecular formula is C3H5N4S. The van der Waals surface area contributed by atoms with Crippen molar-refractivity contribution in [3.63, 3.8) is 0 Å². The van der Waals surface area contributed by atoms with Crippen LogP contribution < -0.4 is 5.73 Å². The molecule has 0 saturated heterocycles. The largest absolute Gasteiger partial charge is 0.368 e. The lowest BCUT2D eigenvalue weighted by Crippen LogP contribution is -1.96. The van der Waals surface area contributed by atoms with E-state index >= 15 is 0 Å². The van der Waals surface area contributed by atoms with E-state index < -0.39 is 0 Å². The van der Waals surface area contributed by atoms with Gasteiger partial charge in [-0.25, -0.2) is 0 Å². The Kier molecular flexibility index (Phi) is 1.05. The second-order valence-corrected chi connectivity index (χ2v) is 1.76. The van der Waals surface area contributed by atoms with Gasteiger partial charge in [0, 0.05) is 7.05 Å². The number of nitrogens with two attached hydrogens (primary N) is 1. The molecule has 0 amide bonds. The molecule has 2 N–H and O–H groups in total. The summed E-state index contributed by atoms with van der Waals surface area (Å²) in [7, 11) is 1.72. The topological polar surface area (TPSA) is 56.7 Å². The summed E-state index contributed by atoms with van der Waals surface area (Å²) in [6.45, 7) is 0.